The average Bonchev–Trinajstić information content (AvgIpc) is 3.12. The maximum Gasteiger partial charge on any atom is 0.156 e. The highest BCUT2D eigenvalue weighted by Gasteiger charge is 2.09. The molecule has 0 fully saturated rings. The van der Waals surface area contributed by atoms with Crippen LogP contribution in [0.4, 0.5) is 16.4 Å². The highest BCUT2D eigenvalue weighted by molar-refractivity contribution is 7.16. The molecule has 0 aliphatic carbocycles. The Kier molecular flexibility index (Phi) is 9.08. The van der Waals surface area contributed by atoms with Crippen molar-refractivity contribution in [3.63, 3.8) is 0 Å². The summed E-state index contributed by atoms with van der Waals surface area (Å²) in [6.07, 6.45) is 0.893. The number of rotatable bonds is 11. The second-order valence-corrected chi connectivity index (χ2v) is 7.37. The first-order valence-corrected chi connectivity index (χ1v) is 10.3. The van der Waals surface area contributed by atoms with Crippen molar-refractivity contribution < 1.29 is 9.47 Å². The van der Waals surface area contributed by atoms with Crippen LogP contribution in [0.1, 0.15) is 29.9 Å². The Labute approximate surface area is 171 Å². The summed E-state index contributed by atoms with van der Waals surface area (Å²) in [5, 5.41) is 18.6. The van der Waals surface area contributed by atoms with E-state index in [9.17, 15) is 5.26 Å². The quantitative estimate of drug-likeness (QED) is 0.374. The topological polar surface area (TPSA) is 70.2 Å². The molecule has 0 saturated heterocycles. The minimum absolute atomic E-state index is 0.588. The van der Waals surface area contributed by atoms with Crippen molar-refractivity contribution in [1.29, 1.82) is 5.26 Å². The minimum atomic E-state index is 0.588. The van der Waals surface area contributed by atoms with Gasteiger partial charge in [0.05, 0.1) is 31.1 Å². The number of aryl methyl sites for hydroxylation is 2. The van der Waals surface area contributed by atoms with Crippen LogP contribution >= 0.6 is 11.3 Å². The number of hydrogen-bond donors (Lipinski definition) is 0. The minimum Gasteiger partial charge on any atom is -0.382 e. The van der Waals surface area contributed by atoms with Gasteiger partial charge >= 0.3 is 0 Å². The third-order valence-corrected chi connectivity index (χ3v) is 5.51. The monoisotopic (exact) mass is 400 g/mol. The SMILES string of the molecule is CCc1cc(C#N)c(/N=N/c2ccc(N(CC)CCOCCOC)cc2C)s1. The van der Waals surface area contributed by atoms with Crippen molar-refractivity contribution in [2.45, 2.75) is 27.2 Å². The summed E-state index contributed by atoms with van der Waals surface area (Å²) in [6, 6.07) is 10.2. The second kappa shape index (κ2) is 11.5. The number of azo groups is 1. The van der Waals surface area contributed by atoms with Crippen LogP contribution in [0.15, 0.2) is 34.5 Å². The summed E-state index contributed by atoms with van der Waals surface area (Å²) in [4.78, 5) is 3.41. The fourth-order valence-electron chi connectivity index (χ4n) is 2.70. The highest BCUT2D eigenvalue weighted by Crippen LogP contribution is 2.33. The Morgan fingerprint density at radius 1 is 1.14 bits per heavy atom. The largest absolute Gasteiger partial charge is 0.382 e. The first kappa shape index (κ1) is 22.0. The molecule has 28 heavy (non-hydrogen) atoms. The van der Waals surface area contributed by atoms with E-state index in [-0.39, 0.29) is 0 Å². The van der Waals surface area contributed by atoms with Gasteiger partial charge in [0.2, 0.25) is 0 Å². The first-order valence-electron chi connectivity index (χ1n) is 9.49. The molecule has 7 heteroatoms. The molecule has 0 N–H and O–H groups in total. The molecule has 0 aliphatic heterocycles. The molecule has 0 atom stereocenters. The smallest absolute Gasteiger partial charge is 0.156 e. The molecule has 1 heterocycles. The van der Waals surface area contributed by atoms with Crippen molar-refractivity contribution in [1.82, 2.24) is 0 Å². The number of hydrogen-bond acceptors (Lipinski definition) is 7. The number of nitriles is 1. The normalized spacial score (nSPS) is 11.1. The molecule has 0 saturated carbocycles. The lowest BCUT2D eigenvalue weighted by Gasteiger charge is -2.23. The van der Waals surface area contributed by atoms with Gasteiger partial charge in [-0.25, -0.2) is 0 Å². The molecule has 0 amide bonds. The fraction of sp³-hybridized carbons (Fsp3) is 0.476. The van der Waals surface area contributed by atoms with Gasteiger partial charge in [0.25, 0.3) is 0 Å². The predicted octanol–water partition coefficient (Wildman–Crippen LogP) is 5.40. The van der Waals surface area contributed by atoms with E-state index >= 15 is 0 Å². The summed E-state index contributed by atoms with van der Waals surface area (Å²) in [5.74, 6) is 0. The molecule has 0 aliphatic rings. The number of likely N-dealkylation sites (N-methyl/N-ethyl adjacent to an activating group) is 1. The van der Waals surface area contributed by atoms with E-state index in [2.05, 4.69) is 47.2 Å². The predicted molar refractivity (Wildman–Crippen MR) is 114 cm³/mol. The first-order chi connectivity index (χ1) is 13.6. The summed E-state index contributed by atoms with van der Waals surface area (Å²) in [6.45, 7) is 9.82. The molecular weight excluding hydrogens is 372 g/mol. The zero-order chi connectivity index (χ0) is 20.4. The van der Waals surface area contributed by atoms with Gasteiger partial charge in [0.1, 0.15) is 6.07 Å². The zero-order valence-electron chi connectivity index (χ0n) is 17.1. The Morgan fingerprint density at radius 2 is 1.96 bits per heavy atom. The van der Waals surface area contributed by atoms with E-state index in [1.54, 1.807) is 7.11 Å². The molecule has 1 aromatic carbocycles. The molecule has 0 radical (unpaired) electrons. The lowest BCUT2D eigenvalue weighted by molar-refractivity contribution is 0.0741. The maximum absolute atomic E-state index is 9.25. The average molecular weight is 401 g/mol. The van der Waals surface area contributed by atoms with E-state index in [0.29, 0.717) is 30.4 Å². The van der Waals surface area contributed by atoms with Gasteiger partial charge in [-0.15, -0.1) is 21.6 Å². The van der Waals surface area contributed by atoms with Crippen LogP contribution in [-0.2, 0) is 15.9 Å². The standard InChI is InChI=1S/C21H28N4O2S/c1-5-19-14-17(15-22)21(28-19)24-23-20-8-7-18(13-16(20)3)25(6-2)9-10-27-12-11-26-4/h7-8,13-14H,5-6,9-12H2,1-4H3/b24-23+. The van der Waals surface area contributed by atoms with Gasteiger partial charge in [-0.1, -0.05) is 6.92 Å². The second-order valence-electron chi connectivity index (χ2n) is 6.25. The molecule has 0 bridgehead atoms. The van der Waals surface area contributed by atoms with Crippen molar-refractivity contribution in [2.24, 2.45) is 10.2 Å². The molecule has 6 nitrogen and oxygen atoms in total. The highest BCUT2D eigenvalue weighted by atomic mass is 32.1. The van der Waals surface area contributed by atoms with Gasteiger partial charge in [0.15, 0.2) is 5.00 Å². The van der Waals surface area contributed by atoms with Crippen molar-refractivity contribution >= 4 is 27.7 Å². The van der Waals surface area contributed by atoms with E-state index in [1.807, 2.05) is 19.1 Å². The third-order valence-electron chi connectivity index (χ3n) is 4.35. The van der Waals surface area contributed by atoms with E-state index in [1.165, 1.54) is 11.3 Å². The maximum atomic E-state index is 9.25. The van der Waals surface area contributed by atoms with E-state index in [4.69, 9.17) is 9.47 Å². The van der Waals surface area contributed by atoms with Crippen LogP contribution in [0.2, 0.25) is 0 Å². The van der Waals surface area contributed by atoms with Crippen molar-refractivity contribution in [3.8, 4) is 6.07 Å². The van der Waals surface area contributed by atoms with Crippen LogP contribution in [0.5, 0.6) is 0 Å². The van der Waals surface area contributed by atoms with Gasteiger partial charge in [-0.3, -0.25) is 0 Å². The number of methoxy groups -OCH3 is 1. The number of ether oxygens (including phenoxy) is 2. The summed E-state index contributed by atoms with van der Waals surface area (Å²) in [7, 11) is 1.67. The van der Waals surface area contributed by atoms with Gasteiger partial charge < -0.3 is 14.4 Å². The summed E-state index contributed by atoms with van der Waals surface area (Å²) >= 11 is 1.52. The van der Waals surface area contributed by atoms with Crippen LogP contribution in [-0.4, -0.2) is 40.0 Å². The number of nitrogens with zero attached hydrogens (tertiary/aromatic N) is 4. The molecule has 0 spiro atoms. The molecule has 1 aromatic heterocycles. The number of benzene rings is 1. The molecule has 0 unspecified atom stereocenters. The lowest BCUT2D eigenvalue weighted by atomic mass is 10.1. The lowest BCUT2D eigenvalue weighted by Crippen LogP contribution is -2.27. The fourth-order valence-corrected chi connectivity index (χ4v) is 3.56. The van der Waals surface area contributed by atoms with E-state index in [0.717, 1.165) is 41.3 Å². The Morgan fingerprint density at radius 3 is 2.61 bits per heavy atom. The Hall–Kier alpha value is -2.27. The summed E-state index contributed by atoms with van der Waals surface area (Å²) < 4.78 is 10.6. The van der Waals surface area contributed by atoms with Gasteiger partial charge in [-0.05, 0) is 50.1 Å². The zero-order valence-corrected chi connectivity index (χ0v) is 17.9. The van der Waals surface area contributed by atoms with Crippen LogP contribution in [0, 0.1) is 18.3 Å². The van der Waals surface area contributed by atoms with Crippen LogP contribution in [0.3, 0.4) is 0 Å². The number of thiophene rings is 1. The van der Waals surface area contributed by atoms with Crippen LogP contribution < -0.4 is 4.90 Å². The van der Waals surface area contributed by atoms with E-state index < -0.39 is 0 Å². The van der Waals surface area contributed by atoms with Gasteiger partial charge in [0, 0.05) is 30.8 Å². The molecular formula is C21H28N4O2S. The Bertz CT molecular complexity index is 826. The molecule has 2 aromatic rings. The van der Waals surface area contributed by atoms with Gasteiger partial charge in [-0.2, -0.15) is 5.26 Å². The molecule has 2 rings (SSSR count). The molecule has 150 valence electrons. The number of anilines is 1. The third kappa shape index (κ3) is 6.13. The summed E-state index contributed by atoms with van der Waals surface area (Å²) in [5.41, 5.74) is 3.58. The van der Waals surface area contributed by atoms with Crippen molar-refractivity contribution in [3.05, 3.63) is 40.3 Å². The van der Waals surface area contributed by atoms with Crippen LogP contribution in [0.25, 0.3) is 0 Å². The Balaban J connectivity index is 2.06. The van der Waals surface area contributed by atoms with Crippen molar-refractivity contribution in [2.75, 3.05) is 44.9 Å².